The molecule has 0 unspecified atom stereocenters. The van der Waals surface area contributed by atoms with Crippen molar-refractivity contribution in [2.24, 2.45) is 5.41 Å². The molecule has 0 spiro atoms. The zero-order chi connectivity index (χ0) is 20.1. The molecule has 1 aliphatic carbocycles. The van der Waals surface area contributed by atoms with Gasteiger partial charge in [-0.05, 0) is 56.6 Å². The quantitative estimate of drug-likeness (QED) is 0.702. The van der Waals surface area contributed by atoms with Crippen LogP contribution in [-0.4, -0.2) is 43.0 Å². The Morgan fingerprint density at radius 1 is 1.25 bits per heavy atom. The Labute approximate surface area is 170 Å². The van der Waals surface area contributed by atoms with Crippen molar-refractivity contribution >= 4 is 5.91 Å². The first-order valence-electron chi connectivity index (χ1n) is 10.8. The molecule has 1 amide bonds. The molecule has 1 saturated heterocycles. The lowest BCUT2D eigenvalue weighted by Gasteiger charge is -2.35. The number of rotatable bonds is 7. The number of nitrogens with zero attached hydrogens (tertiary/aromatic N) is 1. The summed E-state index contributed by atoms with van der Waals surface area (Å²) in [6.07, 6.45) is 5.88. The van der Waals surface area contributed by atoms with Gasteiger partial charge in [-0.1, -0.05) is 55.3 Å². The van der Waals surface area contributed by atoms with Gasteiger partial charge in [0.1, 0.15) is 0 Å². The average molecular weight is 384 g/mol. The summed E-state index contributed by atoms with van der Waals surface area (Å²) in [4.78, 5) is 14.7. The standard InChI is InChI=1S/C24H37N3O/c1-18-9-8-13-24(2,3)21(18)12-14-26-20-15-22(23(28)25-4)27(17-20)16-19-10-6-5-7-11-19/h5-7,10-11,20,22,26H,8-9,12-17H2,1-4H3,(H,25,28)/t20-,22-/m0/s1. The number of allylic oxidation sites excluding steroid dienone is 1. The van der Waals surface area contributed by atoms with E-state index >= 15 is 0 Å². The summed E-state index contributed by atoms with van der Waals surface area (Å²) < 4.78 is 0. The minimum Gasteiger partial charge on any atom is -0.358 e. The van der Waals surface area contributed by atoms with Crippen LogP contribution in [0.2, 0.25) is 0 Å². The summed E-state index contributed by atoms with van der Waals surface area (Å²) in [7, 11) is 1.74. The van der Waals surface area contributed by atoms with Crippen molar-refractivity contribution in [1.29, 1.82) is 0 Å². The SMILES string of the molecule is CNC(=O)[C@@H]1C[C@H](NCCC2=C(C)CCCC2(C)C)CN1Cc1ccccc1. The molecule has 2 aliphatic rings. The van der Waals surface area contributed by atoms with Gasteiger partial charge in [0.25, 0.3) is 0 Å². The fraction of sp³-hybridized carbons (Fsp3) is 0.625. The number of hydrogen-bond donors (Lipinski definition) is 2. The Hall–Kier alpha value is -1.65. The third-order valence-corrected chi connectivity index (χ3v) is 6.67. The Morgan fingerprint density at radius 2 is 2.00 bits per heavy atom. The molecule has 0 bridgehead atoms. The minimum absolute atomic E-state index is 0.0465. The lowest BCUT2D eigenvalue weighted by molar-refractivity contribution is -0.125. The van der Waals surface area contributed by atoms with Gasteiger partial charge in [-0.15, -0.1) is 0 Å². The molecule has 1 aromatic carbocycles. The molecule has 1 fully saturated rings. The third-order valence-electron chi connectivity index (χ3n) is 6.67. The maximum atomic E-state index is 12.4. The van der Waals surface area contributed by atoms with Crippen molar-refractivity contribution in [2.75, 3.05) is 20.1 Å². The van der Waals surface area contributed by atoms with E-state index in [2.05, 4.69) is 60.6 Å². The Morgan fingerprint density at radius 3 is 2.68 bits per heavy atom. The van der Waals surface area contributed by atoms with Crippen LogP contribution in [0.25, 0.3) is 0 Å². The first-order chi connectivity index (χ1) is 13.4. The highest BCUT2D eigenvalue weighted by Crippen LogP contribution is 2.41. The van der Waals surface area contributed by atoms with Gasteiger partial charge in [0.05, 0.1) is 6.04 Å². The van der Waals surface area contributed by atoms with Gasteiger partial charge in [0, 0.05) is 26.2 Å². The molecule has 2 atom stereocenters. The van der Waals surface area contributed by atoms with Crippen LogP contribution in [0.5, 0.6) is 0 Å². The van der Waals surface area contributed by atoms with Crippen LogP contribution in [0, 0.1) is 5.41 Å². The number of benzene rings is 1. The summed E-state index contributed by atoms with van der Waals surface area (Å²) in [6, 6.07) is 10.8. The minimum atomic E-state index is -0.0465. The van der Waals surface area contributed by atoms with E-state index in [-0.39, 0.29) is 11.9 Å². The van der Waals surface area contributed by atoms with Crippen molar-refractivity contribution in [3.63, 3.8) is 0 Å². The second kappa shape index (κ2) is 9.23. The van der Waals surface area contributed by atoms with Crippen LogP contribution in [0.4, 0.5) is 0 Å². The highest BCUT2D eigenvalue weighted by atomic mass is 16.2. The van der Waals surface area contributed by atoms with E-state index in [0.717, 1.165) is 32.5 Å². The summed E-state index contributed by atoms with van der Waals surface area (Å²) in [6.45, 7) is 9.85. The summed E-state index contributed by atoms with van der Waals surface area (Å²) in [5, 5.41) is 6.61. The van der Waals surface area contributed by atoms with Crippen LogP contribution in [0.15, 0.2) is 41.5 Å². The summed E-state index contributed by atoms with van der Waals surface area (Å²) in [5.41, 5.74) is 4.84. The van der Waals surface area contributed by atoms with Gasteiger partial charge in [0.2, 0.25) is 5.91 Å². The van der Waals surface area contributed by atoms with Gasteiger partial charge in [-0.25, -0.2) is 0 Å². The van der Waals surface area contributed by atoms with Crippen LogP contribution >= 0.6 is 0 Å². The van der Waals surface area contributed by atoms with Crippen molar-refractivity contribution in [1.82, 2.24) is 15.5 Å². The molecule has 28 heavy (non-hydrogen) atoms. The van der Waals surface area contributed by atoms with Crippen molar-refractivity contribution in [2.45, 2.75) is 71.5 Å². The van der Waals surface area contributed by atoms with Crippen LogP contribution in [-0.2, 0) is 11.3 Å². The normalized spacial score (nSPS) is 25.1. The maximum absolute atomic E-state index is 12.4. The molecule has 0 radical (unpaired) electrons. The smallest absolute Gasteiger partial charge is 0.237 e. The van der Waals surface area contributed by atoms with E-state index in [0.29, 0.717) is 11.5 Å². The van der Waals surface area contributed by atoms with E-state index in [9.17, 15) is 4.79 Å². The number of hydrogen-bond acceptors (Lipinski definition) is 3. The average Bonchev–Trinajstić information content (AvgIpc) is 3.06. The monoisotopic (exact) mass is 383 g/mol. The fourth-order valence-electron chi connectivity index (χ4n) is 5.11. The van der Waals surface area contributed by atoms with Crippen LogP contribution in [0.1, 0.15) is 58.4 Å². The molecule has 1 heterocycles. The zero-order valence-corrected chi connectivity index (χ0v) is 18.1. The Kier molecular flexibility index (Phi) is 6.95. The van der Waals surface area contributed by atoms with Crippen molar-refractivity contribution in [3.8, 4) is 0 Å². The number of carbonyl (C=O) groups excluding carboxylic acids is 1. The number of amides is 1. The molecular weight excluding hydrogens is 346 g/mol. The van der Waals surface area contributed by atoms with Gasteiger partial charge in [-0.3, -0.25) is 9.69 Å². The molecule has 4 nitrogen and oxygen atoms in total. The second-order valence-electron chi connectivity index (χ2n) is 9.18. The van der Waals surface area contributed by atoms with Crippen molar-refractivity contribution in [3.05, 3.63) is 47.0 Å². The number of carbonyl (C=O) groups is 1. The summed E-state index contributed by atoms with van der Waals surface area (Å²) in [5.74, 6) is 0.132. The molecule has 0 saturated carbocycles. The van der Waals surface area contributed by atoms with E-state index in [1.807, 2.05) is 6.07 Å². The second-order valence-corrected chi connectivity index (χ2v) is 9.18. The number of nitrogens with one attached hydrogen (secondary N) is 2. The number of likely N-dealkylation sites (N-methyl/N-ethyl adjacent to an activating group) is 1. The van der Waals surface area contributed by atoms with E-state index in [1.165, 1.54) is 24.8 Å². The molecule has 1 aliphatic heterocycles. The van der Waals surface area contributed by atoms with E-state index < -0.39 is 0 Å². The maximum Gasteiger partial charge on any atom is 0.237 e. The van der Waals surface area contributed by atoms with Crippen LogP contribution < -0.4 is 10.6 Å². The molecule has 154 valence electrons. The topological polar surface area (TPSA) is 44.4 Å². The highest BCUT2D eigenvalue weighted by Gasteiger charge is 2.36. The molecule has 0 aromatic heterocycles. The van der Waals surface area contributed by atoms with Gasteiger partial charge < -0.3 is 10.6 Å². The van der Waals surface area contributed by atoms with E-state index in [4.69, 9.17) is 0 Å². The predicted molar refractivity (Wildman–Crippen MR) is 116 cm³/mol. The first-order valence-corrected chi connectivity index (χ1v) is 10.8. The lowest BCUT2D eigenvalue weighted by atomic mass is 9.71. The predicted octanol–water partition coefficient (Wildman–Crippen LogP) is 3.88. The van der Waals surface area contributed by atoms with Crippen molar-refractivity contribution < 1.29 is 4.79 Å². The molecule has 1 aromatic rings. The first kappa shape index (κ1) is 21.1. The lowest BCUT2D eigenvalue weighted by Crippen LogP contribution is -2.41. The highest BCUT2D eigenvalue weighted by molar-refractivity contribution is 5.81. The molecule has 4 heteroatoms. The molecule has 2 N–H and O–H groups in total. The Bertz CT molecular complexity index is 695. The number of likely N-dealkylation sites (tertiary alicyclic amines) is 1. The van der Waals surface area contributed by atoms with Gasteiger partial charge >= 0.3 is 0 Å². The van der Waals surface area contributed by atoms with E-state index in [1.54, 1.807) is 18.2 Å². The fourth-order valence-corrected chi connectivity index (χ4v) is 5.11. The molecular formula is C24H37N3O. The van der Waals surface area contributed by atoms with Crippen LogP contribution in [0.3, 0.4) is 0 Å². The van der Waals surface area contributed by atoms with Gasteiger partial charge in [-0.2, -0.15) is 0 Å². The largest absolute Gasteiger partial charge is 0.358 e. The third kappa shape index (κ3) is 5.03. The van der Waals surface area contributed by atoms with Gasteiger partial charge in [0.15, 0.2) is 0 Å². The molecule has 3 rings (SSSR count). The summed E-state index contributed by atoms with van der Waals surface area (Å²) >= 11 is 0. The Balaban J connectivity index is 1.58. The zero-order valence-electron chi connectivity index (χ0n) is 18.1.